The fourth-order valence-corrected chi connectivity index (χ4v) is 9.49. The van der Waals surface area contributed by atoms with E-state index in [4.69, 9.17) is 11.6 Å². The molecule has 1 N–H and O–H groups in total. The SMILES string of the molecule is CC(C)N1CCN(c2cccc(Cl)c2[C@H]2S[C@H](CC(=O)N3CCC(N4CCc5ccccc5NC4=O)CC3)C(=O)N2CCC(C)(C)C)CC1.[HH]. The van der Waals surface area contributed by atoms with Gasteiger partial charge in [0.15, 0.2) is 0 Å². The Labute approximate surface area is 303 Å². The number of carbonyl (C=O) groups excluding carboxylic acids is 3. The summed E-state index contributed by atoms with van der Waals surface area (Å²) in [5.41, 5.74) is 4.17. The van der Waals surface area contributed by atoms with Gasteiger partial charge in [-0.2, -0.15) is 0 Å². The van der Waals surface area contributed by atoms with Crippen molar-refractivity contribution in [1.29, 1.82) is 0 Å². The van der Waals surface area contributed by atoms with Crippen LogP contribution in [0.2, 0.25) is 5.02 Å². The molecule has 3 fully saturated rings. The van der Waals surface area contributed by atoms with Gasteiger partial charge >= 0.3 is 6.03 Å². The zero-order valence-corrected chi connectivity index (χ0v) is 31.4. The number of likely N-dealkylation sites (tertiary alicyclic amines) is 1. The van der Waals surface area contributed by atoms with Crippen molar-refractivity contribution >= 4 is 52.6 Å². The summed E-state index contributed by atoms with van der Waals surface area (Å²) in [7, 11) is 0. The van der Waals surface area contributed by atoms with Gasteiger partial charge in [-0.05, 0) is 68.7 Å². The van der Waals surface area contributed by atoms with Crippen molar-refractivity contribution in [2.24, 2.45) is 5.41 Å². The molecule has 0 spiro atoms. The number of amides is 4. The van der Waals surface area contributed by atoms with Crippen LogP contribution >= 0.6 is 23.4 Å². The smallest absolute Gasteiger partial charge is 0.322 e. The molecule has 11 heteroatoms. The molecule has 0 bridgehead atoms. The van der Waals surface area contributed by atoms with Gasteiger partial charge in [-0.3, -0.25) is 14.5 Å². The molecule has 4 aliphatic rings. The van der Waals surface area contributed by atoms with E-state index in [0.29, 0.717) is 37.2 Å². The summed E-state index contributed by atoms with van der Waals surface area (Å²) in [5.74, 6) is 0.0384. The lowest BCUT2D eigenvalue weighted by Crippen LogP contribution is -2.50. The Kier molecular flexibility index (Phi) is 11.1. The Hall–Kier alpha value is -2.95. The molecule has 6 rings (SSSR count). The van der Waals surface area contributed by atoms with Crippen LogP contribution in [0.25, 0.3) is 0 Å². The number of anilines is 2. The lowest BCUT2D eigenvalue weighted by Gasteiger charge is -2.40. The van der Waals surface area contributed by atoms with E-state index >= 15 is 0 Å². The number of nitrogens with zero attached hydrogens (tertiary/aromatic N) is 5. The van der Waals surface area contributed by atoms with Gasteiger partial charge in [-0.25, -0.2) is 4.79 Å². The molecule has 4 amide bonds. The Morgan fingerprint density at radius 2 is 1.69 bits per heavy atom. The first-order valence-corrected chi connectivity index (χ1v) is 19.4. The van der Waals surface area contributed by atoms with Crippen molar-refractivity contribution in [2.75, 3.05) is 62.6 Å². The van der Waals surface area contributed by atoms with E-state index in [9.17, 15) is 14.4 Å². The predicted molar refractivity (Wildman–Crippen MR) is 202 cm³/mol. The van der Waals surface area contributed by atoms with Crippen molar-refractivity contribution in [3.8, 4) is 0 Å². The molecule has 3 saturated heterocycles. The molecule has 2 aromatic carbocycles. The molecule has 0 aliphatic carbocycles. The normalized spacial score (nSPS) is 22.8. The molecule has 0 radical (unpaired) electrons. The molecule has 49 heavy (non-hydrogen) atoms. The summed E-state index contributed by atoms with van der Waals surface area (Å²) in [5, 5.41) is 3.03. The number of piperidine rings is 1. The summed E-state index contributed by atoms with van der Waals surface area (Å²) < 4.78 is 0. The number of thioether (sulfide) groups is 1. The molecule has 9 nitrogen and oxygen atoms in total. The summed E-state index contributed by atoms with van der Waals surface area (Å²) in [4.78, 5) is 51.8. The van der Waals surface area contributed by atoms with Crippen LogP contribution < -0.4 is 10.2 Å². The van der Waals surface area contributed by atoms with Crippen molar-refractivity contribution in [1.82, 2.24) is 19.6 Å². The fraction of sp³-hybridized carbons (Fsp3) is 0.605. The zero-order valence-electron chi connectivity index (χ0n) is 29.8. The van der Waals surface area contributed by atoms with Crippen LogP contribution in [0.3, 0.4) is 0 Å². The highest BCUT2D eigenvalue weighted by molar-refractivity contribution is 8.01. The molecule has 268 valence electrons. The van der Waals surface area contributed by atoms with E-state index in [1.807, 2.05) is 45.0 Å². The monoisotopic (exact) mass is 710 g/mol. The maximum Gasteiger partial charge on any atom is 0.322 e. The van der Waals surface area contributed by atoms with Gasteiger partial charge in [0, 0.05) is 94.3 Å². The highest BCUT2D eigenvalue weighted by Gasteiger charge is 2.45. The van der Waals surface area contributed by atoms with E-state index in [0.717, 1.165) is 74.4 Å². The number of benzene rings is 2. The predicted octanol–water partition coefficient (Wildman–Crippen LogP) is 6.97. The summed E-state index contributed by atoms with van der Waals surface area (Å²) >= 11 is 8.60. The van der Waals surface area contributed by atoms with Gasteiger partial charge in [-0.15, -0.1) is 11.8 Å². The zero-order chi connectivity index (χ0) is 34.9. The number of fused-ring (bicyclic) bond motifs is 1. The second-order valence-corrected chi connectivity index (χ2v) is 17.2. The third kappa shape index (κ3) is 8.18. The molecule has 4 heterocycles. The number of piperazine rings is 1. The van der Waals surface area contributed by atoms with Crippen LogP contribution in [-0.2, 0) is 16.0 Å². The average Bonchev–Trinajstić information content (AvgIpc) is 3.26. The topological polar surface area (TPSA) is 79.4 Å². The quantitative estimate of drug-likeness (QED) is 0.319. The van der Waals surface area contributed by atoms with Crippen molar-refractivity contribution in [2.45, 2.75) is 89.4 Å². The molecule has 2 aromatic rings. The maximum atomic E-state index is 14.2. The summed E-state index contributed by atoms with van der Waals surface area (Å²) in [6.45, 7) is 17.3. The van der Waals surface area contributed by atoms with Crippen molar-refractivity contribution < 1.29 is 15.8 Å². The van der Waals surface area contributed by atoms with E-state index in [1.165, 1.54) is 0 Å². The summed E-state index contributed by atoms with van der Waals surface area (Å²) in [6.07, 6.45) is 3.29. The fourth-order valence-electron chi connectivity index (χ4n) is 7.61. The molecular weight excluding hydrogens is 656 g/mol. The van der Waals surface area contributed by atoms with Gasteiger partial charge in [0.25, 0.3) is 0 Å². The number of hydrogen-bond donors (Lipinski definition) is 1. The molecule has 2 atom stereocenters. The second-order valence-electron chi connectivity index (χ2n) is 15.5. The first kappa shape index (κ1) is 35.9. The van der Waals surface area contributed by atoms with E-state index < -0.39 is 5.25 Å². The number of carbonyl (C=O) groups is 3. The minimum atomic E-state index is -0.466. The first-order chi connectivity index (χ1) is 23.4. The molecule has 0 saturated carbocycles. The minimum Gasteiger partial charge on any atom is -0.369 e. The van der Waals surface area contributed by atoms with Crippen LogP contribution in [0.1, 0.15) is 78.2 Å². The Bertz CT molecular complexity index is 1520. The van der Waals surface area contributed by atoms with Crippen LogP contribution in [-0.4, -0.2) is 107 Å². The summed E-state index contributed by atoms with van der Waals surface area (Å²) in [6, 6.07) is 14.6. The Morgan fingerprint density at radius 1 is 0.980 bits per heavy atom. The van der Waals surface area contributed by atoms with Crippen LogP contribution in [0.5, 0.6) is 0 Å². The maximum absolute atomic E-state index is 14.2. The molecule has 4 aliphatic heterocycles. The van der Waals surface area contributed by atoms with Crippen LogP contribution in [0.4, 0.5) is 16.2 Å². The van der Waals surface area contributed by atoms with E-state index in [1.54, 1.807) is 11.8 Å². The van der Waals surface area contributed by atoms with E-state index in [-0.39, 0.29) is 42.5 Å². The second kappa shape index (κ2) is 15.1. The molecule has 0 aromatic heterocycles. The number of nitrogens with one attached hydrogen (secondary N) is 1. The Morgan fingerprint density at radius 3 is 2.39 bits per heavy atom. The van der Waals surface area contributed by atoms with Crippen molar-refractivity contribution in [3.63, 3.8) is 0 Å². The first-order valence-electron chi connectivity index (χ1n) is 18.1. The third-order valence-corrected chi connectivity index (χ3v) is 12.4. The number of para-hydroxylation sites is 1. The van der Waals surface area contributed by atoms with Gasteiger partial charge in [-0.1, -0.05) is 56.6 Å². The van der Waals surface area contributed by atoms with Crippen LogP contribution in [0.15, 0.2) is 42.5 Å². The number of halogens is 1. The van der Waals surface area contributed by atoms with Gasteiger partial charge in [0.1, 0.15) is 5.37 Å². The van der Waals surface area contributed by atoms with E-state index in [2.05, 4.69) is 61.9 Å². The third-order valence-electron chi connectivity index (χ3n) is 10.7. The molecular formula is C38H55ClN6O3S. The lowest BCUT2D eigenvalue weighted by molar-refractivity contribution is -0.137. The number of urea groups is 1. The largest absolute Gasteiger partial charge is 0.369 e. The highest BCUT2D eigenvalue weighted by Crippen LogP contribution is 2.50. The highest BCUT2D eigenvalue weighted by atomic mass is 35.5. The number of rotatable bonds is 8. The van der Waals surface area contributed by atoms with Crippen LogP contribution in [0, 0.1) is 5.41 Å². The molecule has 0 unspecified atom stereocenters. The lowest BCUT2D eigenvalue weighted by atomic mass is 9.92. The average molecular weight is 711 g/mol. The number of hydrogen-bond acceptors (Lipinski definition) is 6. The standard InChI is InChI=1S/C38H53ClN6O3S.H2/c1-26(2)41-21-23-42(24-22-41)31-12-8-10-29(39)34(31)36-45(20-16-38(3,4)5)35(47)32(49-36)25-33(46)43-17-14-28(15-18-43)44-19-13-27-9-6-7-11-30(27)40-37(44)48;/h6-12,26,28,32,36H,13-25H2,1-5H3,(H,40,48);1H/t32-,36-;/m1./s1. The van der Waals surface area contributed by atoms with Gasteiger partial charge in [0.05, 0.1) is 5.25 Å². The van der Waals surface area contributed by atoms with Gasteiger partial charge in [0.2, 0.25) is 11.8 Å². The minimum absolute atomic E-state index is 0. The van der Waals surface area contributed by atoms with Crippen molar-refractivity contribution in [3.05, 3.63) is 58.6 Å². The Balaban J connectivity index is 0.00000486. The van der Waals surface area contributed by atoms with Gasteiger partial charge < -0.3 is 24.9 Å².